The van der Waals surface area contributed by atoms with E-state index in [0.717, 1.165) is 48.7 Å². The molecule has 2 fully saturated rings. The lowest BCUT2D eigenvalue weighted by atomic mass is 9.94. The summed E-state index contributed by atoms with van der Waals surface area (Å²) < 4.78 is 1.04. The van der Waals surface area contributed by atoms with Gasteiger partial charge < -0.3 is 4.90 Å². The summed E-state index contributed by atoms with van der Waals surface area (Å²) in [6.07, 6.45) is 5.08. The van der Waals surface area contributed by atoms with Gasteiger partial charge in [-0.15, -0.1) is 0 Å². The van der Waals surface area contributed by atoms with E-state index in [1.807, 2.05) is 24.1 Å². The van der Waals surface area contributed by atoms with Gasteiger partial charge in [0.2, 0.25) is 5.91 Å². The molecule has 2 aliphatic rings. The molecule has 5 heteroatoms. The van der Waals surface area contributed by atoms with Gasteiger partial charge >= 0.3 is 0 Å². The predicted molar refractivity (Wildman–Crippen MR) is 116 cm³/mol. The van der Waals surface area contributed by atoms with Crippen LogP contribution in [0.15, 0.2) is 59.1 Å². The number of hydrogen-bond donors (Lipinski definition) is 2. The molecule has 1 saturated carbocycles. The molecule has 1 aliphatic carbocycles. The Morgan fingerprint density at radius 3 is 2.64 bits per heavy atom. The minimum Gasteiger partial charge on any atom is -0.345 e. The zero-order chi connectivity index (χ0) is 19.6. The van der Waals surface area contributed by atoms with E-state index >= 15 is 0 Å². The molecule has 0 spiro atoms. The van der Waals surface area contributed by atoms with Gasteiger partial charge in [0.05, 0.1) is 5.41 Å². The van der Waals surface area contributed by atoms with Crippen molar-refractivity contribution in [3.05, 3.63) is 70.2 Å². The number of carbonyl (C=O) groups is 1. The molecule has 0 bridgehead atoms. The molecule has 1 aliphatic heterocycles. The van der Waals surface area contributed by atoms with Gasteiger partial charge in [0.15, 0.2) is 0 Å². The van der Waals surface area contributed by atoms with Crippen LogP contribution < -0.4 is 10.9 Å². The van der Waals surface area contributed by atoms with Crippen molar-refractivity contribution < 1.29 is 4.79 Å². The highest BCUT2D eigenvalue weighted by atomic mass is 79.9. The summed E-state index contributed by atoms with van der Waals surface area (Å²) in [5, 5.41) is 0. The maximum absolute atomic E-state index is 13.1. The van der Waals surface area contributed by atoms with Gasteiger partial charge in [-0.1, -0.05) is 58.4 Å². The van der Waals surface area contributed by atoms with E-state index in [0.29, 0.717) is 12.1 Å². The number of nitrogens with one attached hydrogen (secondary N) is 2. The summed E-state index contributed by atoms with van der Waals surface area (Å²) in [6, 6.07) is 19.6. The standard InChI is InChI=1S/C23H28BrN3O/c1-27(22(28)23(12-13-23)18-9-5-10-19(24)15-18)14-6-11-20-16-21(26-25-20)17-7-3-2-4-8-17/h2-5,7-10,15,20-21,25-26H,6,11-14,16H2,1H3. The third-order valence-electron chi connectivity index (χ3n) is 6.11. The molecule has 4 rings (SSSR count). The Balaban J connectivity index is 1.26. The lowest BCUT2D eigenvalue weighted by Crippen LogP contribution is -2.38. The highest BCUT2D eigenvalue weighted by molar-refractivity contribution is 9.10. The first-order chi connectivity index (χ1) is 13.6. The van der Waals surface area contributed by atoms with Gasteiger partial charge in [-0.2, -0.15) is 0 Å². The fourth-order valence-corrected chi connectivity index (χ4v) is 4.69. The van der Waals surface area contributed by atoms with Crippen molar-refractivity contribution >= 4 is 21.8 Å². The van der Waals surface area contributed by atoms with E-state index in [1.54, 1.807) is 0 Å². The zero-order valence-corrected chi connectivity index (χ0v) is 17.9. The number of likely N-dealkylation sites (N-methyl/N-ethyl adjacent to an activating group) is 1. The zero-order valence-electron chi connectivity index (χ0n) is 16.3. The van der Waals surface area contributed by atoms with E-state index in [4.69, 9.17) is 0 Å². The molecule has 1 amide bonds. The van der Waals surface area contributed by atoms with E-state index in [9.17, 15) is 4.79 Å². The van der Waals surface area contributed by atoms with E-state index in [-0.39, 0.29) is 11.3 Å². The molecule has 148 valence electrons. The quantitative estimate of drug-likeness (QED) is 0.671. The SMILES string of the molecule is CN(CCCC1CC(c2ccccc2)NN1)C(=O)C1(c2cccc(Br)c2)CC1. The van der Waals surface area contributed by atoms with Gasteiger partial charge in [0.25, 0.3) is 0 Å². The van der Waals surface area contributed by atoms with Crippen LogP contribution in [0.5, 0.6) is 0 Å². The second-order valence-electron chi connectivity index (χ2n) is 8.15. The van der Waals surface area contributed by atoms with Crippen molar-refractivity contribution in [2.45, 2.75) is 49.6 Å². The number of nitrogens with zero attached hydrogens (tertiary/aromatic N) is 1. The summed E-state index contributed by atoms with van der Waals surface area (Å²) in [5.41, 5.74) is 9.02. The number of hydrazine groups is 1. The largest absolute Gasteiger partial charge is 0.345 e. The second kappa shape index (κ2) is 8.36. The average molecular weight is 442 g/mol. The Labute approximate surface area is 175 Å². The highest BCUT2D eigenvalue weighted by Crippen LogP contribution is 2.50. The molecule has 2 atom stereocenters. The van der Waals surface area contributed by atoms with E-state index in [2.05, 4.69) is 69.2 Å². The topological polar surface area (TPSA) is 44.4 Å². The van der Waals surface area contributed by atoms with Gasteiger partial charge in [0, 0.05) is 30.1 Å². The van der Waals surface area contributed by atoms with Crippen molar-refractivity contribution in [2.24, 2.45) is 0 Å². The maximum atomic E-state index is 13.1. The normalized spacial score (nSPS) is 22.8. The van der Waals surface area contributed by atoms with Crippen LogP contribution in [0.1, 0.15) is 49.3 Å². The molecular formula is C23H28BrN3O. The number of hydrogen-bond acceptors (Lipinski definition) is 3. The lowest BCUT2D eigenvalue weighted by molar-refractivity contribution is -0.132. The molecule has 0 radical (unpaired) electrons. The summed E-state index contributed by atoms with van der Waals surface area (Å²) >= 11 is 3.53. The Bertz CT molecular complexity index is 822. The summed E-state index contributed by atoms with van der Waals surface area (Å²) in [7, 11) is 1.95. The Morgan fingerprint density at radius 1 is 1.14 bits per heavy atom. The monoisotopic (exact) mass is 441 g/mol. The molecule has 2 aromatic carbocycles. The van der Waals surface area contributed by atoms with Crippen LogP contribution in [0.3, 0.4) is 0 Å². The van der Waals surface area contributed by atoms with Crippen LogP contribution in [-0.2, 0) is 10.2 Å². The Kier molecular flexibility index (Phi) is 5.85. The van der Waals surface area contributed by atoms with E-state index < -0.39 is 0 Å². The van der Waals surface area contributed by atoms with Crippen molar-refractivity contribution in [1.29, 1.82) is 0 Å². The van der Waals surface area contributed by atoms with Crippen LogP contribution in [-0.4, -0.2) is 30.4 Å². The smallest absolute Gasteiger partial charge is 0.232 e. The lowest BCUT2D eigenvalue weighted by Gasteiger charge is -2.24. The van der Waals surface area contributed by atoms with Crippen LogP contribution in [0.2, 0.25) is 0 Å². The van der Waals surface area contributed by atoms with Gasteiger partial charge in [-0.3, -0.25) is 15.6 Å². The third-order valence-corrected chi connectivity index (χ3v) is 6.61. The second-order valence-corrected chi connectivity index (χ2v) is 9.06. The highest BCUT2D eigenvalue weighted by Gasteiger charge is 2.52. The van der Waals surface area contributed by atoms with E-state index in [1.165, 1.54) is 5.56 Å². The molecule has 4 nitrogen and oxygen atoms in total. The first-order valence-corrected chi connectivity index (χ1v) is 11.0. The van der Waals surface area contributed by atoms with Crippen molar-refractivity contribution in [1.82, 2.24) is 15.8 Å². The number of halogens is 1. The minimum absolute atomic E-state index is 0.269. The van der Waals surface area contributed by atoms with Gasteiger partial charge in [-0.05, 0) is 55.4 Å². The summed E-state index contributed by atoms with van der Waals surface area (Å²) in [5.74, 6) is 0.269. The maximum Gasteiger partial charge on any atom is 0.232 e. The minimum atomic E-state index is -0.288. The number of carbonyl (C=O) groups excluding carboxylic acids is 1. The van der Waals surface area contributed by atoms with Crippen molar-refractivity contribution in [3.63, 3.8) is 0 Å². The average Bonchev–Trinajstić information content (AvgIpc) is 3.40. The molecule has 2 N–H and O–H groups in total. The van der Waals surface area contributed by atoms with Crippen LogP contribution in [0, 0.1) is 0 Å². The number of rotatable bonds is 7. The van der Waals surface area contributed by atoms with Crippen LogP contribution in [0.25, 0.3) is 0 Å². The van der Waals surface area contributed by atoms with Crippen LogP contribution in [0.4, 0.5) is 0 Å². The van der Waals surface area contributed by atoms with Crippen molar-refractivity contribution in [3.8, 4) is 0 Å². The molecule has 28 heavy (non-hydrogen) atoms. The molecular weight excluding hydrogens is 414 g/mol. The van der Waals surface area contributed by atoms with Crippen LogP contribution >= 0.6 is 15.9 Å². The number of amides is 1. The third kappa shape index (κ3) is 4.17. The summed E-state index contributed by atoms with van der Waals surface area (Å²) in [4.78, 5) is 15.0. The fourth-order valence-electron chi connectivity index (χ4n) is 4.29. The summed E-state index contributed by atoms with van der Waals surface area (Å²) in [6.45, 7) is 0.808. The van der Waals surface area contributed by atoms with Crippen molar-refractivity contribution in [2.75, 3.05) is 13.6 Å². The van der Waals surface area contributed by atoms with Gasteiger partial charge in [0.1, 0.15) is 0 Å². The molecule has 2 unspecified atom stereocenters. The fraction of sp³-hybridized carbons (Fsp3) is 0.435. The number of benzene rings is 2. The molecule has 1 saturated heterocycles. The molecule has 0 aromatic heterocycles. The van der Waals surface area contributed by atoms with Gasteiger partial charge in [-0.25, -0.2) is 0 Å². The molecule has 2 aromatic rings. The first kappa shape index (κ1) is 19.6. The Hall–Kier alpha value is -1.69. The first-order valence-electron chi connectivity index (χ1n) is 10.2. The Morgan fingerprint density at radius 2 is 1.93 bits per heavy atom. The molecule has 1 heterocycles. The predicted octanol–water partition coefficient (Wildman–Crippen LogP) is 4.33.